The molecule has 0 radical (unpaired) electrons. The van der Waals surface area contributed by atoms with Crippen LogP contribution in [0, 0.1) is 0 Å². The fourth-order valence-corrected chi connectivity index (χ4v) is 1.90. The lowest BCUT2D eigenvalue weighted by Crippen LogP contribution is -2.43. The Morgan fingerprint density at radius 2 is 1.71 bits per heavy atom. The van der Waals surface area contributed by atoms with E-state index in [1.165, 1.54) is 25.1 Å². The molecule has 1 aromatic rings. The SMILES string of the molecule is CCOc1cccc(C(C)(CC(F)(F)C(F)(F)F)OC)c1. The zero-order valence-corrected chi connectivity index (χ0v) is 11.9. The van der Waals surface area contributed by atoms with Crippen LogP contribution in [0.25, 0.3) is 0 Å². The Kier molecular flexibility index (Phi) is 5.20. The van der Waals surface area contributed by atoms with Crippen molar-refractivity contribution in [3.05, 3.63) is 29.8 Å². The highest BCUT2D eigenvalue weighted by Crippen LogP contribution is 2.45. The summed E-state index contributed by atoms with van der Waals surface area (Å²) < 4.78 is 73.9. The molecule has 1 rings (SSSR count). The fourth-order valence-electron chi connectivity index (χ4n) is 1.90. The van der Waals surface area contributed by atoms with Crippen LogP contribution in [0.1, 0.15) is 25.8 Å². The molecule has 0 aliphatic heterocycles. The van der Waals surface area contributed by atoms with Gasteiger partial charge in [-0.25, -0.2) is 0 Å². The van der Waals surface area contributed by atoms with E-state index in [0.717, 1.165) is 7.11 Å². The molecule has 1 atom stereocenters. The molecule has 0 fully saturated rings. The van der Waals surface area contributed by atoms with Crippen molar-refractivity contribution >= 4 is 0 Å². The van der Waals surface area contributed by atoms with E-state index in [4.69, 9.17) is 9.47 Å². The Hall–Kier alpha value is -1.37. The van der Waals surface area contributed by atoms with Crippen LogP contribution in [-0.2, 0) is 10.3 Å². The molecule has 1 unspecified atom stereocenters. The van der Waals surface area contributed by atoms with Crippen molar-refractivity contribution in [3.63, 3.8) is 0 Å². The Morgan fingerprint density at radius 3 is 2.19 bits per heavy atom. The summed E-state index contributed by atoms with van der Waals surface area (Å²) in [6.45, 7) is 3.28. The second-order valence-electron chi connectivity index (χ2n) is 4.77. The van der Waals surface area contributed by atoms with Crippen molar-refractivity contribution in [3.8, 4) is 5.75 Å². The summed E-state index contributed by atoms with van der Waals surface area (Å²) >= 11 is 0. The zero-order chi connectivity index (χ0) is 16.3. The van der Waals surface area contributed by atoms with Crippen molar-refractivity contribution in [1.29, 1.82) is 0 Å². The Morgan fingerprint density at radius 1 is 1.10 bits per heavy atom. The van der Waals surface area contributed by atoms with Crippen molar-refractivity contribution in [2.24, 2.45) is 0 Å². The number of alkyl halides is 5. The third kappa shape index (κ3) is 4.06. The Bertz CT molecular complexity index is 473. The molecule has 0 saturated heterocycles. The van der Waals surface area contributed by atoms with Crippen LogP contribution in [0.2, 0.25) is 0 Å². The molecular formula is C14H17F5O2. The highest BCUT2D eigenvalue weighted by Gasteiger charge is 2.60. The molecule has 2 nitrogen and oxygen atoms in total. The van der Waals surface area contributed by atoms with E-state index in [-0.39, 0.29) is 5.56 Å². The first-order chi connectivity index (χ1) is 9.55. The minimum atomic E-state index is -5.62. The van der Waals surface area contributed by atoms with Gasteiger partial charge in [0.2, 0.25) is 0 Å². The highest BCUT2D eigenvalue weighted by molar-refractivity contribution is 5.32. The first-order valence-electron chi connectivity index (χ1n) is 6.29. The maximum Gasteiger partial charge on any atom is 0.453 e. The molecule has 0 heterocycles. The number of ether oxygens (including phenoxy) is 2. The van der Waals surface area contributed by atoms with E-state index in [1.54, 1.807) is 13.0 Å². The molecule has 0 aliphatic carbocycles. The van der Waals surface area contributed by atoms with Gasteiger partial charge in [-0.15, -0.1) is 0 Å². The molecule has 0 amide bonds. The van der Waals surface area contributed by atoms with Gasteiger partial charge in [0.15, 0.2) is 0 Å². The fraction of sp³-hybridized carbons (Fsp3) is 0.571. The van der Waals surface area contributed by atoms with E-state index >= 15 is 0 Å². The van der Waals surface area contributed by atoms with Gasteiger partial charge in [0.25, 0.3) is 0 Å². The van der Waals surface area contributed by atoms with Crippen LogP contribution in [0.5, 0.6) is 5.75 Å². The van der Waals surface area contributed by atoms with Gasteiger partial charge in [-0.3, -0.25) is 0 Å². The monoisotopic (exact) mass is 312 g/mol. The number of halogens is 5. The summed E-state index contributed by atoms with van der Waals surface area (Å²) in [5, 5.41) is 0. The van der Waals surface area contributed by atoms with Gasteiger partial charge in [0, 0.05) is 7.11 Å². The van der Waals surface area contributed by atoms with Crippen molar-refractivity contribution in [2.75, 3.05) is 13.7 Å². The minimum absolute atomic E-state index is 0.194. The van der Waals surface area contributed by atoms with E-state index in [2.05, 4.69) is 0 Å². The number of rotatable bonds is 6. The third-order valence-corrected chi connectivity index (χ3v) is 3.18. The summed E-state index contributed by atoms with van der Waals surface area (Å²) in [7, 11) is 1.10. The average molecular weight is 312 g/mol. The van der Waals surface area contributed by atoms with Gasteiger partial charge in [-0.05, 0) is 31.5 Å². The van der Waals surface area contributed by atoms with Gasteiger partial charge in [-0.2, -0.15) is 22.0 Å². The van der Waals surface area contributed by atoms with Crippen molar-refractivity contribution in [1.82, 2.24) is 0 Å². The second kappa shape index (κ2) is 6.17. The van der Waals surface area contributed by atoms with E-state index < -0.39 is 24.1 Å². The Labute approximate surface area is 119 Å². The van der Waals surface area contributed by atoms with Gasteiger partial charge in [0.05, 0.1) is 18.6 Å². The third-order valence-electron chi connectivity index (χ3n) is 3.18. The first-order valence-corrected chi connectivity index (χ1v) is 6.29. The number of hydrogen-bond acceptors (Lipinski definition) is 2. The van der Waals surface area contributed by atoms with Crippen LogP contribution in [0.4, 0.5) is 22.0 Å². The summed E-state index contributed by atoms with van der Waals surface area (Å²) in [6, 6.07) is 5.94. The molecular weight excluding hydrogens is 295 g/mol. The lowest BCUT2D eigenvalue weighted by Gasteiger charge is -2.33. The molecule has 0 saturated carbocycles. The van der Waals surface area contributed by atoms with Crippen molar-refractivity contribution in [2.45, 2.75) is 38.0 Å². The van der Waals surface area contributed by atoms with E-state index in [0.29, 0.717) is 12.4 Å². The lowest BCUT2D eigenvalue weighted by molar-refractivity contribution is -0.298. The van der Waals surface area contributed by atoms with E-state index in [1.807, 2.05) is 0 Å². The highest BCUT2D eigenvalue weighted by atomic mass is 19.4. The first kappa shape index (κ1) is 17.7. The van der Waals surface area contributed by atoms with Crippen LogP contribution in [-0.4, -0.2) is 25.8 Å². The topological polar surface area (TPSA) is 18.5 Å². The molecule has 0 spiro atoms. The van der Waals surface area contributed by atoms with E-state index in [9.17, 15) is 22.0 Å². The molecule has 120 valence electrons. The Balaban J connectivity index is 3.12. The average Bonchev–Trinajstić information content (AvgIpc) is 2.37. The van der Waals surface area contributed by atoms with Gasteiger partial charge in [0.1, 0.15) is 5.75 Å². The summed E-state index contributed by atoms with van der Waals surface area (Å²) in [4.78, 5) is 0. The van der Waals surface area contributed by atoms with Gasteiger partial charge in [-0.1, -0.05) is 12.1 Å². The predicted molar refractivity (Wildman–Crippen MR) is 67.6 cm³/mol. The summed E-state index contributed by atoms with van der Waals surface area (Å²) in [5.74, 6) is -4.46. The molecule has 0 aromatic heterocycles. The minimum Gasteiger partial charge on any atom is -0.494 e. The van der Waals surface area contributed by atoms with Crippen LogP contribution >= 0.6 is 0 Å². The molecule has 0 N–H and O–H groups in total. The second-order valence-corrected chi connectivity index (χ2v) is 4.77. The maximum absolute atomic E-state index is 13.3. The standard InChI is InChI=1S/C14H17F5O2/c1-4-21-11-7-5-6-10(8-11)12(2,20-3)9-13(15,16)14(17,18)19/h5-8H,4,9H2,1-3H3. The molecule has 21 heavy (non-hydrogen) atoms. The quantitative estimate of drug-likeness (QED) is 0.718. The van der Waals surface area contributed by atoms with Crippen LogP contribution in [0.3, 0.4) is 0 Å². The summed E-state index contributed by atoms with van der Waals surface area (Å²) in [5.41, 5.74) is -1.59. The van der Waals surface area contributed by atoms with Gasteiger partial charge >= 0.3 is 12.1 Å². The number of hydrogen-bond donors (Lipinski definition) is 0. The maximum atomic E-state index is 13.3. The normalized spacial score (nSPS) is 15.6. The molecule has 1 aromatic carbocycles. The number of benzene rings is 1. The van der Waals surface area contributed by atoms with Crippen LogP contribution < -0.4 is 4.74 Å². The number of methoxy groups -OCH3 is 1. The zero-order valence-electron chi connectivity index (χ0n) is 11.9. The van der Waals surface area contributed by atoms with Crippen molar-refractivity contribution < 1.29 is 31.4 Å². The molecule has 7 heteroatoms. The summed E-state index contributed by atoms with van der Waals surface area (Å²) in [6.07, 6.45) is -7.13. The largest absolute Gasteiger partial charge is 0.494 e. The predicted octanol–water partition coefficient (Wildman–Crippen LogP) is 4.53. The molecule has 0 aliphatic rings. The smallest absolute Gasteiger partial charge is 0.453 e. The molecule has 0 bridgehead atoms. The lowest BCUT2D eigenvalue weighted by atomic mass is 9.89. The van der Waals surface area contributed by atoms with Gasteiger partial charge < -0.3 is 9.47 Å². The van der Waals surface area contributed by atoms with Crippen LogP contribution in [0.15, 0.2) is 24.3 Å².